The number of ether oxygens (including phenoxy) is 2. The molecule has 0 aromatic heterocycles. The molecule has 26 heavy (non-hydrogen) atoms. The van der Waals surface area contributed by atoms with Gasteiger partial charge in [0.25, 0.3) is 0 Å². The molecule has 1 unspecified atom stereocenters. The average molecular weight is 362 g/mol. The number of guanidine groups is 1. The zero-order valence-electron chi connectivity index (χ0n) is 15.6. The van der Waals surface area contributed by atoms with Crippen LogP contribution in [0.15, 0.2) is 10.2 Å². The number of hydrogen-bond donors (Lipinski definition) is 3. The standard InChI is InChI=1S/C18H26N4O4/c1-5-25-14(23)6-7-18(4)8-12-10(2)15(24)13(9-21-22-17(19)20)11(3)16(12)26-18/h9,24H,5-8H2,1-4H3,(H4,19,20,22)/b21-9+. The maximum absolute atomic E-state index is 11.7. The summed E-state index contributed by atoms with van der Waals surface area (Å²) in [5.41, 5.74) is 12.9. The highest BCUT2D eigenvalue weighted by atomic mass is 16.5. The summed E-state index contributed by atoms with van der Waals surface area (Å²) in [5, 5.41) is 17.9. The Morgan fingerprint density at radius 2 is 2.08 bits per heavy atom. The summed E-state index contributed by atoms with van der Waals surface area (Å²) in [6, 6.07) is 0. The number of hydrogen-bond acceptors (Lipinski definition) is 6. The van der Waals surface area contributed by atoms with Crippen molar-refractivity contribution in [2.45, 2.75) is 52.6 Å². The van der Waals surface area contributed by atoms with Gasteiger partial charge in [0.15, 0.2) is 0 Å². The first-order valence-corrected chi connectivity index (χ1v) is 8.50. The fourth-order valence-electron chi connectivity index (χ4n) is 3.10. The highest BCUT2D eigenvalue weighted by Crippen LogP contribution is 2.46. The summed E-state index contributed by atoms with van der Waals surface area (Å²) in [6.07, 6.45) is 2.81. The molecule has 0 radical (unpaired) electrons. The third kappa shape index (κ3) is 4.07. The zero-order valence-corrected chi connectivity index (χ0v) is 15.6. The van der Waals surface area contributed by atoms with Crippen molar-refractivity contribution in [3.8, 4) is 11.5 Å². The summed E-state index contributed by atoms with van der Waals surface area (Å²) in [7, 11) is 0. The third-order valence-corrected chi connectivity index (χ3v) is 4.50. The Morgan fingerprint density at radius 1 is 1.38 bits per heavy atom. The average Bonchev–Trinajstić information content (AvgIpc) is 2.93. The quantitative estimate of drug-likeness (QED) is 0.305. The van der Waals surface area contributed by atoms with Crippen molar-refractivity contribution in [3.05, 3.63) is 22.3 Å². The molecule has 0 spiro atoms. The number of phenols is 1. The minimum atomic E-state index is -0.535. The molecule has 2 rings (SSSR count). The van der Waals surface area contributed by atoms with Crippen molar-refractivity contribution in [1.82, 2.24) is 0 Å². The Morgan fingerprint density at radius 3 is 2.69 bits per heavy atom. The van der Waals surface area contributed by atoms with Crippen LogP contribution < -0.4 is 16.2 Å². The predicted molar refractivity (Wildman–Crippen MR) is 99.6 cm³/mol. The predicted octanol–water partition coefficient (Wildman–Crippen LogP) is 1.65. The number of rotatable bonds is 6. The van der Waals surface area contributed by atoms with Gasteiger partial charge in [-0.1, -0.05) is 0 Å². The number of phenolic OH excluding ortho intramolecular Hbond substituents is 1. The molecule has 1 aliphatic heterocycles. The van der Waals surface area contributed by atoms with Crippen LogP contribution in [0.1, 0.15) is 48.9 Å². The number of aromatic hydroxyl groups is 1. The maximum atomic E-state index is 11.7. The van der Waals surface area contributed by atoms with Gasteiger partial charge in [-0.05, 0) is 39.7 Å². The summed E-state index contributed by atoms with van der Waals surface area (Å²) < 4.78 is 11.2. The van der Waals surface area contributed by atoms with Crippen molar-refractivity contribution in [1.29, 1.82) is 0 Å². The Hall–Kier alpha value is -2.77. The first-order valence-electron chi connectivity index (χ1n) is 8.50. The van der Waals surface area contributed by atoms with E-state index in [9.17, 15) is 9.90 Å². The SMILES string of the molecule is CCOC(=O)CCC1(C)Cc2c(C)c(O)c(/C=N/N=C(N)N)c(C)c2O1. The fourth-order valence-corrected chi connectivity index (χ4v) is 3.10. The van der Waals surface area contributed by atoms with Gasteiger partial charge in [0, 0.05) is 29.5 Å². The van der Waals surface area contributed by atoms with Crippen LogP contribution in [0.3, 0.4) is 0 Å². The molecule has 1 atom stereocenters. The largest absolute Gasteiger partial charge is 0.507 e. The summed E-state index contributed by atoms with van der Waals surface area (Å²) >= 11 is 0. The number of carbonyl (C=O) groups excluding carboxylic acids is 1. The number of esters is 1. The first-order chi connectivity index (χ1) is 12.2. The van der Waals surface area contributed by atoms with Crippen LogP contribution in [0.25, 0.3) is 0 Å². The van der Waals surface area contributed by atoms with E-state index in [-0.39, 0.29) is 24.1 Å². The monoisotopic (exact) mass is 362 g/mol. The molecule has 1 aromatic rings. The zero-order chi connectivity index (χ0) is 19.5. The molecule has 0 aliphatic carbocycles. The molecule has 142 valence electrons. The molecule has 0 bridgehead atoms. The van der Waals surface area contributed by atoms with Gasteiger partial charge in [-0.15, -0.1) is 5.10 Å². The van der Waals surface area contributed by atoms with Crippen LogP contribution in [0.4, 0.5) is 0 Å². The molecule has 0 amide bonds. The molecule has 1 heterocycles. The maximum Gasteiger partial charge on any atom is 0.305 e. The van der Waals surface area contributed by atoms with Crippen molar-refractivity contribution in [2.75, 3.05) is 6.61 Å². The number of nitrogens with two attached hydrogens (primary N) is 2. The van der Waals surface area contributed by atoms with Crippen LogP contribution in [0, 0.1) is 13.8 Å². The van der Waals surface area contributed by atoms with Gasteiger partial charge in [0.2, 0.25) is 5.96 Å². The lowest BCUT2D eigenvalue weighted by Crippen LogP contribution is -2.31. The van der Waals surface area contributed by atoms with Gasteiger partial charge in [-0.25, -0.2) is 0 Å². The smallest absolute Gasteiger partial charge is 0.305 e. The van der Waals surface area contributed by atoms with Crippen molar-refractivity contribution in [2.24, 2.45) is 21.7 Å². The molecule has 1 aromatic carbocycles. The topological polar surface area (TPSA) is 133 Å². The lowest BCUT2D eigenvalue weighted by molar-refractivity contribution is -0.144. The van der Waals surface area contributed by atoms with E-state index >= 15 is 0 Å². The minimum Gasteiger partial charge on any atom is -0.507 e. The second-order valence-electron chi connectivity index (χ2n) is 6.62. The minimum absolute atomic E-state index is 0.119. The fraction of sp³-hybridized carbons (Fsp3) is 0.500. The molecular weight excluding hydrogens is 336 g/mol. The second-order valence-corrected chi connectivity index (χ2v) is 6.62. The van der Waals surface area contributed by atoms with Gasteiger partial charge in [-0.3, -0.25) is 4.79 Å². The summed E-state index contributed by atoms with van der Waals surface area (Å²) in [5.74, 6) is 0.417. The lowest BCUT2D eigenvalue weighted by Gasteiger charge is -2.24. The Balaban J connectivity index is 2.30. The van der Waals surface area contributed by atoms with E-state index in [1.54, 1.807) is 6.92 Å². The number of benzene rings is 1. The Kier molecular flexibility index (Phi) is 5.74. The van der Waals surface area contributed by atoms with Crippen molar-refractivity contribution >= 4 is 18.1 Å². The highest BCUT2D eigenvalue weighted by Gasteiger charge is 2.38. The van der Waals surface area contributed by atoms with Crippen LogP contribution in [0.2, 0.25) is 0 Å². The first kappa shape index (κ1) is 19.6. The lowest BCUT2D eigenvalue weighted by atomic mass is 9.90. The van der Waals surface area contributed by atoms with Crippen molar-refractivity contribution < 1.29 is 19.4 Å². The molecule has 8 heteroatoms. The van der Waals surface area contributed by atoms with E-state index in [0.29, 0.717) is 30.8 Å². The van der Waals surface area contributed by atoms with Gasteiger partial charge in [0.05, 0.1) is 12.8 Å². The molecule has 0 saturated carbocycles. The molecular formula is C18H26N4O4. The normalized spacial score (nSPS) is 18.5. The van der Waals surface area contributed by atoms with Crippen LogP contribution in [-0.2, 0) is 16.0 Å². The van der Waals surface area contributed by atoms with E-state index in [2.05, 4.69) is 10.2 Å². The van der Waals surface area contributed by atoms with Crippen LogP contribution in [0.5, 0.6) is 11.5 Å². The molecule has 1 aliphatic rings. The number of fused-ring (bicyclic) bond motifs is 1. The summed E-state index contributed by atoms with van der Waals surface area (Å²) in [4.78, 5) is 11.7. The molecule has 0 saturated heterocycles. The number of carbonyl (C=O) groups is 1. The molecule has 5 N–H and O–H groups in total. The second kappa shape index (κ2) is 7.63. The Labute approximate surface area is 152 Å². The van der Waals surface area contributed by atoms with E-state index in [1.165, 1.54) is 6.21 Å². The van der Waals surface area contributed by atoms with Gasteiger partial charge in [-0.2, -0.15) is 5.10 Å². The van der Waals surface area contributed by atoms with Crippen LogP contribution >= 0.6 is 0 Å². The Bertz CT molecular complexity index is 769. The van der Waals surface area contributed by atoms with E-state index < -0.39 is 5.60 Å². The van der Waals surface area contributed by atoms with Gasteiger partial charge in [0.1, 0.15) is 17.1 Å². The van der Waals surface area contributed by atoms with Crippen LogP contribution in [-0.4, -0.2) is 35.5 Å². The van der Waals surface area contributed by atoms with Crippen molar-refractivity contribution in [3.63, 3.8) is 0 Å². The number of nitrogens with zero attached hydrogens (tertiary/aromatic N) is 2. The van der Waals surface area contributed by atoms with E-state index in [4.69, 9.17) is 20.9 Å². The highest BCUT2D eigenvalue weighted by molar-refractivity contribution is 5.89. The molecule has 0 fully saturated rings. The van der Waals surface area contributed by atoms with E-state index in [0.717, 1.165) is 16.7 Å². The third-order valence-electron chi connectivity index (χ3n) is 4.50. The van der Waals surface area contributed by atoms with Gasteiger partial charge >= 0.3 is 5.97 Å². The van der Waals surface area contributed by atoms with E-state index in [1.807, 2.05) is 20.8 Å². The van der Waals surface area contributed by atoms with Gasteiger partial charge < -0.3 is 26.0 Å². The molecule has 8 nitrogen and oxygen atoms in total. The summed E-state index contributed by atoms with van der Waals surface area (Å²) in [6.45, 7) is 7.76.